The van der Waals surface area contributed by atoms with E-state index in [9.17, 15) is 14.9 Å². The van der Waals surface area contributed by atoms with Crippen LogP contribution in [0.15, 0.2) is 36.4 Å². The smallest absolute Gasteiger partial charge is 0.280 e. The summed E-state index contributed by atoms with van der Waals surface area (Å²) < 4.78 is 15.8. The van der Waals surface area contributed by atoms with Gasteiger partial charge in [-0.05, 0) is 32.1 Å². The van der Waals surface area contributed by atoms with Crippen LogP contribution >= 0.6 is 0 Å². The molecule has 0 fully saturated rings. The van der Waals surface area contributed by atoms with Crippen LogP contribution in [0.5, 0.6) is 17.2 Å². The van der Waals surface area contributed by atoms with Crippen molar-refractivity contribution in [1.29, 1.82) is 0 Å². The average molecular weight is 384 g/mol. The van der Waals surface area contributed by atoms with E-state index >= 15 is 0 Å². The van der Waals surface area contributed by atoms with Crippen LogP contribution in [0.1, 0.15) is 29.7 Å². The highest BCUT2D eigenvalue weighted by Crippen LogP contribution is 2.38. The molecular formula is C20H20N2O6. The van der Waals surface area contributed by atoms with Gasteiger partial charge >= 0.3 is 0 Å². The van der Waals surface area contributed by atoms with E-state index in [1.54, 1.807) is 7.11 Å². The molecule has 0 saturated heterocycles. The molecule has 0 saturated carbocycles. The van der Waals surface area contributed by atoms with Gasteiger partial charge in [-0.25, -0.2) is 0 Å². The van der Waals surface area contributed by atoms with Crippen molar-refractivity contribution in [3.05, 3.63) is 63.2 Å². The van der Waals surface area contributed by atoms with E-state index in [-0.39, 0.29) is 30.0 Å². The number of nitro benzene ring substituents is 1. The largest absolute Gasteiger partial charge is 0.496 e. The molecule has 0 bridgehead atoms. The van der Waals surface area contributed by atoms with Crippen molar-refractivity contribution in [3.63, 3.8) is 0 Å². The molecule has 0 aromatic heterocycles. The van der Waals surface area contributed by atoms with Crippen LogP contribution in [0, 0.1) is 17.0 Å². The third-order valence-electron chi connectivity index (χ3n) is 4.34. The molecule has 1 aliphatic rings. The zero-order chi connectivity index (χ0) is 20.3. The lowest BCUT2D eigenvalue weighted by Crippen LogP contribution is -2.25. The molecule has 146 valence electrons. The predicted molar refractivity (Wildman–Crippen MR) is 103 cm³/mol. The van der Waals surface area contributed by atoms with E-state index in [4.69, 9.17) is 14.2 Å². The lowest BCUT2D eigenvalue weighted by Gasteiger charge is -2.17. The number of nitro groups is 1. The fraction of sp³-hybridized carbons (Fsp3) is 0.250. The highest BCUT2D eigenvalue weighted by atomic mass is 16.7. The zero-order valence-electron chi connectivity index (χ0n) is 15.7. The Morgan fingerprint density at radius 1 is 1.29 bits per heavy atom. The first-order chi connectivity index (χ1) is 13.4. The summed E-state index contributed by atoms with van der Waals surface area (Å²) in [6.07, 6.45) is 2.64. The van der Waals surface area contributed by atoms with Crippen molar-refractivity contribution in [2.24, 2.45) is 0 Å². The number of nitrogens with one attached hydrogen (secondary N) is 1. The molecule has 1 atom stereocenters. The van der Waals surface area contributed by atoms with Gasteiger partial charge in [0.2, 0.25) is 12.7 Å². The highest BCUT2D eigenvalue weighted by Gasteiger charge is 2.22. The highest BCUT2D eigenvalue weighted by molar-refractivity contribution is 5.92. The van der Waals surface area contributed by atoms with Crippen LogP contribution in [0.25, 0.3) is 6.08 Å². The second-order valence-corrected chi connectivity index (χ2v) is 6.33. The normalized spacial score (nSPS) is 13.4. The average Bonchev–Trinajstić information content (AvgIpc) is 3.12. The third kappa shape index (κ3) is 4.06. The number of carbonyl (C=O) groups is 1. The van der Waals surface area contributed by atoms with Crippen molar-refractivity contribution >= 4 is 17.7 Å². The van der Waals surface area contributed by atoms with Gasteiger partial charge in [-0.1, -0.05) is 17.7 Å². The summed E-state index contributed by atoms with van der Waals surface area (Å²) in [5.74, 6) is 1.01. The fourth-order valence-electron chi connectivity index (χ4n) is 2.94. The second kappa shape index (κ2) is 7.99. The quantitative estimate of drug-likeness (QED) is 0.465. The Bertz CT molecular complexity index is 954. The maximum atomic E-state index is 12.3. The lowest BCUT2D eigenvalue weighted by atomic mass is 10.0. The van der Waals surface area contributed by atoms with Crippen molar-refractivity contribution in [2.45, 2.75) is 19.9 Å². The topological polar surface area (TPSA) is 99.9 Å². The minimum atomic E-state index is -0.528. The molecule has 0 radical (unpaired) electrons. The molecule has 1 aliphatic heterocycles. The van der Waals surface area contributed by atoms with Gasteiger partial charge in [-0.3, -0.25) is 14.9 Å². The number of hydrogen-bond donors (Lipinski definition) is 1. The molecule has 8 heteroatoms. The number of aryl methyl sites for hydroxylation is 1. The maximum absolute atomic E-state index is 12.3. The number of fused-ring (bicyclic) bond motifs is 1. The van der Waals surface area contributed by atoms with Crippen LogP contribution in [-0.4, -0.2) is 24.7 Å². The molecular weight excluding hydrogens is 364 g/mol. The van der Waals surface area contributed by atoms with Crippen LogP contribution < -0.4 is 19.5 Å². The van der Waals surface area contributed by atoms with Crippen LogP contribution in [0.4, 0.5) is 5.69 Å². The minimum absolute atomic E-state index is 0.00990. The van der Waals surface area contributed by atoms with Crippen molar-refractivity contribution in [1.82, 2.24) is 5.32 Å². The summed E-state index contributed by atoms with van der Waals surface area (Å²) in [5, 5.41) is 14.1. The number of hydrogen-bond acceptors (Lipinski definition) is 6. The first-order valence-corrected chi connectivity index (χ1v) is 8.60. The zero-order valence-corrected chi connectivity index (χ0v) is 15.7. The van der Waals surface area contributed by atoms with Crippen LogP contribution in [0.2, 0.25) is 0 Å². The number of nitrogens with zero attached hydrogens (tertiary/aromatic N) is 1. The molecule has 2 aromatic carbocycles. The summed E-state index contributed by atoms with van der Waals surface area (Å²) in [6.45, 7) is 3.80. The van der Waals surface area contributed by atoms with Gasteiger partial charge in [0.25, 0.3) is 5.69 Å². The van der Waals surface area contributed by atoms with Crippen LogP contribution in [-0.2, 0) is 4.79 Å². The molecule has 0 aliphatic carbocycles. The molecule has 8 nitrogen and oxygen atoms in total. The number of ether oxygens (including phenoxy) is 3. The van der Waals surface area contributed by atoms with Crippen molar-refractivity contribution < 1.29 is 23.9 Å². The van der Waals surface area contributed by atoms with Gasteiger partial charge in [-0.15, -0.1) is 0 Å². The van der Waals surface area contributed by atoms with Crippen LogP contribution in [0.3, 0.4) is 0 Å². The van der Waals surface area contributed by atoms with E-state index in [0.29, 0.717) is 17.2 Å². The Hall–Kier alpha value is -3.55. The monoisotopic (exact) mass is 384 g/mol. The summed E-state index contributed by atoms with van der Waals surface area (Å²) in [5.41, 5.74) is 1.98. The van der Waals surface area contributed by atoms with Gasteiger partial charge in [0, 0.05) is 11.6 Å². The number of benzene rings is 2. The predicted octanol–water partition coefficient (Wildman–Crippen LogP) is 3.53. The Balaban J connectivity index is 1.77. The van der Waals surface area contributed by atoms with Gasteiger partial charge in [0.15, 0.2) is 11.5 Å². The molecule has 1 amide bonds. The Labute approximate surface area is 161 Å². The maximum Gasteiger partial charge on any atom is 0.280 e. The van der Waals surface area contributed by atoms with Gasteiger partial charge in [0.1, 0.15) is 5.75 Å². The summed E-state index contributed by atoms with van der Waals surface area (Å²) in [4.78, 5) is 23.1. The Morgan fingerprint density at radius 2 is 2.00 bits per heavy atom. The van der Waals surface area contributed by atoms with Gasteiger partial charge in [-0.2, -0.15) is 0 Å². The SMILES string of the molecule is COc1ccc(C)cc1[C@H](C)NC(=O)/C=C/c1cc2c(cc1[N+](=O)[O-])OCO2. The Morgan fingerprint density at radius 3 is 2.68 bits per heavy atom. The lowest BCUT2D eigenvalue weighted by molar-refractivity contribution is -0.385. The first kappa shape index (κ1) is 19.2. The van der Waals surface area contributed by atoms with E-state index < -0.39 is 4.92 Å². The standard InChI is InChI=1S/C20H20N2O6/c1-12-4-6-17(26-3)15(8-12)13(2)21-20(23)7-5-14-9-18-19(28-11-27-18)10-16(14)22(24)25/h4-10,13H,11H2,1-3H3,(H,21,23)/b7-5+/t13-/m0/s1. The van der Waals surface area contributed by atoms with E-state index in [1.807, 2.05) is 32.0 Å². The summed E-state index contributed by atoms with van der Waals surface area (Å²) in [7, 11) is 1.57. The van der Waals surface area contributed by atoms with E-state index in [2.05, 4.69) is 5.32 Å². The Kier molecular flexibility index (Phi) is 5.49. The number of methoxy groups -OCH3 is 1. The summed E-state index contributed by atoms with van der Waals surface area (Å²) >= 11 is 0. The van der Waals surface area contributed by atoms with Gasteiger partial charge in [0.05, 0.1) is 29.7 Å². The molecule has 1 heterocycles. The number of carbonyl (C=O) groups excluding carboxylic acids is 1. The molecule has 1 N–H and O–H groups in total. The van der Waals surface area contributed by atoms with Crippen molar-refractivity contribution in [2.75, 3.05) is 13.9 Å². The fourth-order valence-corrected chi connectivity index (χ4v) is 2.94. The van der Waals surface area contributed by atoms with E-state index in [1.165, 1.54) is 24.3 Å². The second-order valence-electron chi connectivity index (χ2n) is 6.33. The van der Waals surface area contributed by atoms with Crippen molar-refractivity contribution in [3.8, 4) is 17.2 Å². The number of amides is 1. The molecule has 2 aromatic rings. The van der Waals surface area contributed by atoms with E-state index in [0.717, 1.165) is 11.1 Å². The molecule has 0 unspecified atom stereocenters. The number of rotatable bonds is 6. The first-order valence-electron chi connectivity index (χ1n) is 8.60. The minimum Gasteiger partial charge on any atom is -0.496 e. The third-order valence-corrected chi connectivity index (χ3v) is 4.34. The molecule has 0 spiro atoms. The van der Waals surface area contributed by atoms with Gasteiger partial charge < -0.3 is 19.5 Å². The molecule has 3 rings (SSSR count). The molecule has 28 heavy (non-hydrogen) atoms. The summed E-state index contributed by atoms with van der Waals surface area (Å²) in [6, 6.07) is 8.18.